The van der Waals surface area contributed by atoms with Gasteiger partial charge in [-0.3, -0.25) is 9.59 Å². The molecule has 0 spiro atoms. The summed E-state index contributed by atoms with van der Waals surface area (Å²) in [7, 11) is 0. The van der Waals surface area contributed by atoms with Gasteiger partial charge in [0.2, 0.25) is 0 Å². The van der Waals surface area contributed by atoms with Crippen molar-refractivity contribution >= 4 is 11.9 Å². The third kappa shape index (κ3) is 15.8. The maximum atomic E-state index is 11.9. The van der Waals surface area contributed by atoms with Crippen molar-refractivity contribution in [3.05, 3.63) is 0 Å². The number of hydrogen-bond acceptors (Lipinski definition) is 3. The molecule has 0 saturated heterocycles. The number of unbranched alkanes of at least 4 members (excludes halogenated alkanes) is 9. The largest absolute Gasteiger partial charge is 0.481 e. The van der Waals surface area contributed by atoms with Gasteiger partial charge in [-0.15, -0.1) is 0 Å². The Morgan fingerprint density at radius 1 is 0.792 bits per heavy atom. The Balaban J connectivity index is 3.55. The number of carboxylic acid groups (broad SMARTS) is 1. The van der Waals surface area contributed by atoms with E-state index in [0.717, 1.165) is 51.4 Å². The smallest absolute Gasteiger partial charge is 0.306 e. The van der Waals surface area contributed by atoms with Gasteiger partial charge in [0, 0.05) is 12.8 Å². The predicted octanol–water partition coefficient (Wildman–Crippen LogP) is 5.87. The SMILES string of the molecule is CCCCCCCCC(CC)OC(=O)CCCCCCCC(=O)O. The first-order chi connectivity index (χ1) is 11.6. The van der Waals surface area contributed by atoms with Crippen molar-refractivity contribution in [2.24, 2.45) is 0 Å². The highest BCUT2D eigenvalue weighted by Gasteiger charge is 2.12. The van der Waals surface area contributed by atoms with Crippen LogP contribution in [0.1, 0.15) is 110 Å². The topological polar surface area (TPSA) is 63.6 Å². The molecule has 24 heavy (non-hydrogen) atoms. The van der Waals surface area contributed by atoms with E-state index in [4.69, 9.17) is 9.84 Å². The predicted molar refractivity (Wildman–Crippen MR) is 98.1 cm³/mol. The molecule has 4 nitrogen and oxygen atoms in total. The van der Waals surface area contributed by atoms with Crippen LogP contribution in [0.2, 0.25) is 0 Å². The van der Waals surface area contributed by atoms with Crippen LogP contribution in [0.25, 0.3) is 0 Å². The summed E-state index contributed by atoms with van der Waals surface area (Å²) in [4.78, 5) is 22.3. The molecule has 0 amide bonds. The standard InChI is InChI=1S/C20H38O4/c1-3-5-6-7-9-12-15-18(4-2)24-20(23)17-14-11-8-10-13-16-19(21)22/h18H,3-17H2,1-2H3,(H,21,22). The molecule has 0 fully saturated rings. The van der Waals surface area contributed by atoms with E-state index in [1.165, 1.54) is 32.1 Å². The minimum Gasteiger partial charge on any atom is -0.481 e. The molecule has 0 saturated carbocycles. The average molecular weight is 343 g/mol. The van der Waals surface area contributed by atoms with Gasteiger partial charge < -0.3 is 9.84 Å². The molecule has 4 heteroatoms. The summed E-state index contributed by atoms with van der Waals surface area (Å²) in [5, 5.41) is 8.55. The van der Waals surface area contributed by atoms with E-state index < -0.39 is 5.97 Å². The molecule has 0 aliphatic carbocycles. The molecule has 0 aliphatic heterocycles. The number of carboxylic acids is 1. The lowest BCUT2D eigenvalue weighted by atomic mass is 10.1. The summed E-state index contributed by atoms with van der Waals surface area (Å²) < 4.78 is 5.57. The summed E-state index contributed by atoms with van der Waals surface area (Å²) in [6, 6.07) is 0. The molecule has 0 aromatic carbocycles. The minimum absolute atomic E-state index is 0.0710. The Hall–Kier alpha value is -1.06. The van der Waals surface area contributed by atoms with Crippen molar-refractivity contribution in [1.82, 2.24) is 0 Å². The Morgan fingerprint density at radius 3 is 1.92 bits per heavy atom. The van der Waals surface area contributed by atoms with Crippen molar-refractivity contribution in [2.75, 3.05) is 0 Å². The summed E-state index contributed by atoms with van der Waals surface area (Å²) >= 11 is 0. The lowest BCUT2D eigenvalue weighted by Crippen LogP contribution is -2.17. The molecular formula is C20H38O4. The third-order valence-electron chi connectivity index (χ3n) is 4.40. The summed E-state index contributed by atoms with van der Waals surface area (Å²) in [6.07, 6.45) is 14.8. The Labute approximate surface area is 148 Å². The number of ether oxygens (including phenoxy) is 1. The monoisotopic (exact) mass is 342 g/mol. The highest BCUT2D eigenvalue weighted by molar-refractivity contribution is 5.69. The van der Waals surface area contributed by atoms with Crippen LogP contribution in [0, 0.1) is 0 Å². The fourth-order valence-corrected chi connectivity index (χ4v) is 2.82. The Morgan fingerprint density at radius 2 is 1.33 bits per heavy atom. The number of hydrogen-bond donors (Lipinski definition) is 1. The van der Waals surface area contributed by atoms with Crippen molar-refractivity contribution < 1.29 is 19.4 Å². The second kappa shape index (κ2) is 16.8. The third-order valence-corrected chi connectivity index (χ3v) is 4.40. The molecule has 1 unspecified atom stereocenters. The lowest BCUT2D eigenvalue weighted by Gasteiger charge is -2.16. The quantitative estimate of drug-likeness (QED) is 0.265. The van der Waals surface area contributed by atoms with Crippen LogP contribution in [0.3, 0.4) is 0 Å². The molecule has 0 aromatic heterocycles. The highest BCUT2D eigenvalue weighted by Crippen LogP contribution is 2.14. The van der Waals surface area contributed by atoms with Crippen LogP contribution < -0.4 is 0 Å². The van der Waals surface area contributed by atoms with E-state index in [1.54, 1.807) is 0 Å². The molecule has 0 bridgehead atoms. The van der Waals surface area contributed by atoms with E-state index in [2.05, 4.69) is 13.8 Å². The van der Waals surface area contributed by atoms with Gasteiger partial charge in [0.25, 0.3) is 0 Å². The van der Waals surface area contributed by atoms with Crippen molar-refractivity contribution in [3.8, 4) is 0 Å². The summed E-state index contributed by atoms with van der Waals surface area (Å²) in [5.41, 5.74) is 0. The van der Waals surface area contributed by atoms with E-state index >= 15 is 0 Å². The van der Waals surface area contributed by atoms with E-state index in [0.29, 0.717) is 6.42 Å². The van der Waals surface area contributed by atoms with Gasteiger partial charge in [-0.05, 0) is 32.1 Å². The fourth-order valence-electron chi connectivity index (χ4n) is 2.82. The van der Waals surface area contributed by atoms with Gasteiger partial charge in [-0.2, -0.15) is 0 Å². The molecule has 142 valence electrons. The Kier molecular flexibility index (Phi) is 16.0. The van der Waals surface area contributed by atoms with Crippen molar-refractivity contribution in [1.29, 1.82) is 0 Å². The van der Waals surface area contributed by atoms with Crippen LogP contribution in [0.5, 0.6) is 0 Å². The zero-order chi connectivity index (χ0) is 18.0. The lowest BCUT2D eigenvalue weighted by molar-refractivity contribution is -0.149. The first-order valence-corrected chi connectivity index (χ1v) is 10.0. The van der Waals surface area contributed by atoms with Crippen LogP contribution in [0.4, 0.5) is 0 Å². The molecule has 1 atom stereocenters. The molecule has 1 N–H and O–H groups in total. The number of carbonyl (C=O) groups excluding carboxylic acids is 1. The normalized spacial score (nSPS) is 12.1. The van der Waals surface area contributed by atoms with Gasteiger partial charge in [-0.1, -0.05) is 65.2 Å². The first-order valence-electron chi connectivity index (χ1n) is 10.0. The maximum absolute atomic E-state index is 11.9. The van der Waals surface area contributed by atoms with Crippen LogP contribution >= 0.6 is 0 Å². The van der Waals surface area contributed by atoms with Gasteiger partial charge >= 0.3 is 11.9 Å². The van der Waals surface area contributed by atoms with E-state index in [-0.39, 0.29) is 18.5 Å². The molecule has 0 aliphatic rings. The first kappa shape index (κ1) is 22.9. The average Bonchev–Trinajstić information content (AvgIpc) is 2.55. The van der Waals surface area contributed by atoms with E-state index in [1.807, 2.05) is 0 Å². The number of aliphatic carboxylic acids is 1. The Bertz CT molecular complexity index is 315. The summed E-state index contributed by atoms with van der Waals surface area (Å²) in [5.74, 6) is -0.798. The van der Waals surface area contributed by atoms with Gasteiger partial charge in [0.05, 0.1) is 0 Å². The molecule has 0 rings (SSSR count). The number of esters is 1. The van der Waals surface area contributed by atoms with Crippen molar-refractivity contribution in [3.63, 3.8) is 0 Å². The number of rotatable bonds is 17. The van der Waals surface area contributed by atoms with Gasteiger partial charge in [0.15, 0.2) is 0 Å². The zero-order valence-corrected chi connectivity index (χ0v) is 15.9. The van der Waals surface area contributed by atoms with E-state index in [9.17, 15) is 9.59 Å². The van der Waals surface area contributed by atoms with Gasteiger partial charge in [-0.25, -0.2) is 0 Å². The van der Waals surface area contributed by atoms with Crippen LogP contribution in [-0.4, -0.2) is 23.1 Å². The number of carbonyl (C=O) groups is 2. The molecular weight excluding hydrogens is 304 g/mol. The zero-order valence-electron chi connectivity index (χ0n) is 15.9. The second-order valence-electron chi connectivity index (χ2n) is 6.74. The maximum Gasteiger partial charge on any atom is 0.306 e. The van der Waals surface area contributed by atoms with Crippen molar-refractivity contribution in [2.45, 2.75) is 116 Å². The van der Waals surface area contributed by atoms with Gasteiger partial charge in [0.1, 0.15) is 6.10 Å². The molecule has 0 aromatic rings. The minimum atomic E-state index is -0.727. The second-order valence-corrected chi connectivity index (χ2v) is 6.74. The van der Waals surface area contributed by atoms with Crippen LogP contribution in [0.15, 0.2) is 0 Å². The highest BCUT2D eigenvalue weighted by atomic mass is 16.5. The summed E-state index contributed by atoms with van der Waals surface area (Å²) in [6.45, 7) is 4.31. The van der Waals surface area contributed by atoms with Crippen LogP contribution in [-0.2, 0) is 14.3 Å². The molecule has 0 heterocycles. The molecule has 0 radical (unpaired) electrons. The fraction of sp³-hybridized carbons (Fsp3) is 0.900.